The summed E-state index contributed by atoms with van der Waals surface area (Å²) in [6.07, 6.45) is 3.43. The molecule has 166 valence electrons. The Morgan fingerprint density at radius 3 is 2.33 bits per heavy atom. The van der Waals surface area contributed by atoms with Crippen molar-refractivity contribution in [3.63, 3.8) is 0 Å². The zero-order chi connectivity index (χ0) is 23.0. The van der Waals surface area contributed by atoms with Crippen molar-refractivity contribution in [1.29, 1.82) is 0 Å². The quantitative estimate of drug-likeness (QED) is 0.387. The number of nitrogens with one attached hydrogen (secondary N) is 3. The van der Waals surface area contributed by atoms with Gasteiger partial charge in [-0.2, -0.15) is 0 Å². The number of amides is 1. The van der Waals surface area contributed by atoms with E-state index in [0.717, 1.165) is 35.2 Å². The van der Waals surface area contributed by atoms with Gasteiger partial charge in [0, 0.05) is 28.8 Å². The van der Waals surface area contributed by atoms with Crippen LogP contribution in [-0.4, -0.2) is 19.3 Å². The van der Waals surface area contributed by atoms with Crippen molar-refractivity contribution in [3.8, 4) is 11.3 Å². The van der Waals surface area contributed by atoms with Gasteiger partial charge in [0.15, 0.2) is 0 Å². The van der Waals surface area contributed by atoms with E-state index < -0.39 is 10.0 Å². The minimum absolute atomic E-state index is 0.122. The first-order chi connectivity index (χ1) is 15.9. The van der Waals surface area contributed by atoms with Crippen LogP contribution in [0.15, 0.2) is 83.9 Å². The summed E-state index contributed by atoms with van der Waals surface area (Å²) in [4.78, 5) is 16.3. The van der Waals surface area contributed by atoms with E-state index in [1.165, 1.54) is 17.7 Å². The van der Waals surface area contributed by atoms with Gasteiger partial charge < -0.3 is 10.3 Å². The van der Waals surface area contributed by atoms with E-state index in [4.69, 9.17) is 0 Å². The summed E-state index contributed by atoms with van der Waals surface area (Å²) >= 11 is 0. The second kappa shape index (κ2) is 8.26. The van der Waals surface area contributed by atoms with Crippen LogP contribution in [0.25, 0.3) is 11.3 Å². The highest BCUT2D eigenvalue weighted by Gasteiger charge is 2.23. The number of H-pyrrole nitrogens is 1. The number of aromatic amines is 1. The third kappa shape index (κ3) is 4.15. The summed E-state index contributed by atoms with van der Waals surface area (Å²) in [6, 6.07) is 21.5. The molecule has 3 aromatic carbocycles. The van der Waals surface area contributed by atoms with Crippen molar-refractivity contribution in [2.24, 2.45) is 0 Å². The molecule has 6 nitrogen and oxygen atoms in total. The maximum absolute atomic E-state index is 12.9. The van der Waals surface area contributed by atoms with Crippen LogP contribution < -0.4 is 10.0 Å². The molecule has 4 aromatic rings. The monoisotopic (exact) mass is 457 g/mol. The standard InChI is InChI=1S/C26H23N3O3S/c1-17-6-9-20(10-7-17)29-33(31,32)21-13-11-19(12-14-21)28-26(30)24-16-27-25-22-5-3-2-4-18(22)8-15-23(24)25/h2-7,9-14,16,27,29H,8,15H2,1H3,(H,28,30). The van der Waals surface area contributed by atoms with Crippen molar-refractivity contribution in [3.05, 3.63) is 101 Å². The topological polar surface area (TPSA) is 91.1 Å². The predicted molar refractivity (Wildman–Crippen MR) is 130 cm³/mol. The number of hydrogen-bond acceptors (Lipinski definition) is 3. The number of anilines is 2. The third-order valence-electron chi connectivity index (χ3n) is 5.89. The van der Waals surface area contributed by atoms with Crippen LogP contribution >= 0.6 is 0 Å². The van der Waals surface area contributed by atoms with Crippen molar-refractivity contribution in [2.45, 2.75) is 24.7 Å². The van der Waals surface area contributed by atoms with Crippen molar-refractivity contribution < 1.29 is 13.2 Å². The van der Waals surface area contributed by atoms with E-state index in [1.54, 1.807) is 30.5 Å². The molecule has 3 N–H and O–H groups in total. The Kier molecular flexibility index (Phi) is 5.26. The first-order valence-electron chi connectivity index (χ1n) is 10.7. The Labute approximate surface area is 192 Å². The molecule has 0 fully saturated rings. The molecule has 0 radical (unpaired) electrons. The fourth-order valence-corrected chi connectivity index (χ4v) is 5.21. The molecule has 7 heteroatoms. The largest absolute Gasteiger partial charge is 0.360 e. The van der Waals surface area contributed by atoms with Gasteiger partial charge in [0.25, 0.3) is 15.9 Å². The summed E-state index contributed by atoms with van der Waals surface area (Å²) in [5, 5.41) is 2.88. The van der Waals surface area contributed by atoms with Gasteiger partial charge in [-0.15, -0.1) is 0 Å². The summed E-state index contributed by atoms with van der Waals surface area (Å²) < 4.78 is 27.9. The highest BCUT2D eigenvalue weighted by Crippen LogP contribution is 2.34. The van der Waals surface area contributed by atoms with Crippen LogP contribution in [0, 0.1) is 6.92 Å². The summed E-state index contributed by atoms with van der Waals surface area (Å²) in [6.45, 7) is 1.94. The molecule has 5 rings (SSSR count). The van der Waals surface area contributed by atoms with Crippen molar-refractivity contribution in [2.75, 3.05) is 10.0 Å². The zero-order valence-corrected chi connectivity index (χ0v) is 18.9. The number of aryl methyl sites for hydroxylation is 2. The fourth-order valence-electron chi connectivity index (χ4n) is 4.15. The molecule has 0 spiro atoms. The number of hydrogen-bond donors (Lipinski definition) is 3. The summed E-state index contributed by atoms with van der Waals surface area (Å²) in [7, 11) is -3.72. The molecular weight excluding hydrogens is 434 g/mol. The van der Waals surface area contributed by atoms with E-state index in [-0.39, 0.29) is 10.8 Å². The molecule has 1 amide bonds. The van der Waals surface area contributed by atoms with E-state index in [9.17, 15) is 13.2 Å². The highest BCUT2D eigenvalue weighted by atomic mass is 32.2. The fraction of sp³-hybridized carbons (Fsp3) is 0.115. The highest BCUT2D eigenvalue weighted by molar-refractivity contribution is 7.92. The van der Waals surface area contributed by atoms with Crippen LogP contribution in [0.4, 0.5) is 11.4 Å². The van der Waals surface area contributed by atoms with Crippen LogP contribution in [0.3, 0.4) is 0 Å². The van der Waals surface area contributed by atoms with Crippen LogP contribution in [0.5, 0.6) is 0 Å². The molecule has 33 heavy (non-hydrogen) atoms. The van der Waals surface area contributed by atoms with E-state index in [1.807, 2.05) is 31.2 Å². The molecule has 0 aliphatic heterocycles. The van der Waals surface area contributed by atoms with Gasteiger partial charge in [0.1, 0.15) is 0 Å². The molecule has 1 aliphatic rings. The lowest BCUT2D eigenvalue weighted by molar-refractivity contribution is 0.102. The summed E-state index contributed by atoms with van der Waals surface area (Å²) in [5.74, 6) is -0.222. The Morgan fingerprint density at radius 2 is 1.58 bits per heavy atom. The number of benzene rings is 3. The first-order valence-corrected chi connectivity index (χ1v) is 12.2. The average Bonchev–Trinajstić information content (AvgIpc) is 3.26. The Bertz CT molecular complexity index is 1440. The molecule has 0 saturated heterocycles. The molecule has 1 heterocycles. The lowest BCUT2D eigenvalue weighted by atomic mass is 9.88. The van der Waals surface area contributed by atoms with Gasteiger partial charge in [0.2, 0.25) is 0 Å². The maximum Gasteiger partial charge on any atom is 0.261 e. The Hall–Kier alpha value is -3.84. The predicted octanol–water partition coefficient (Wildman–Crippen LogP) is 5.14. The van der Waals surface area contributed by atoms with E-state index >= 15 is 0 Å². The van der Waals surface area contributed by atoms with E-state index in [2.05, 4.69) is 27.2 Å². The first kappa shape index (κ1) is 21.0. The lowest BCUT2D eigenvalue weighted by Gasteiger charge is -2.17. The maximum atomic E-state index is 12.9. The number of fused-ring (bicyclic) bond motifs is 3. The van der Waals surface area contributed by atoms with Gasteiger partial charge in [-0.1, -0.05) is 42.0 Å². The smallest absolute Gasteiger partial charge is 0.261 e. The normalized spacial score (nSPS) is 12.5. The van der Waals surface area contributed by atoms with Crippen molar-refractivity contribution in [1.82, 2.24) is 4.98 Å². The van der Waals surface area contributed by atoms with Gasteiger partial charge in [-0.25, -0.2) is 8.42 Å². The molecule has 0 atom stereocenters. The molecular formula is C26H23N3O3S. The Morgan fingerprint density at radius 1 is 0.879 bits per heavy atom. The van der Waals surface area contributed by atoms with Gasteiger partial charge >= 0.3 is 0 Å². The Balaban J connectivity index is 1.32. The average molecular weight is 458 g/mol. The number of aromatic nitrogens is 1. The van der Waals surface area contributed by atoms with Gasteiger partial charge in [-0.3, -0.25) is 9.52 Å². The third-order valence-corrected chi connectivity index (χ3v) is 7.29. The van der Waals surface area contributed by atoms with Crippen LogP contribution in [0.1, 0.15) is 27.0 Å². The second-order valence-electron chi connectivity index (χ2n) is 8.16. The van der Waals surface area contributed by atoms with Gasteiger partial charge in [0.05, 0.1) is 10.5 Å². The van der Waals surface area contributed by atoms with Crippen molar-refractivity contribution >= 4 is 27.3 Å². The zero-order valence-electron chi connectivity index (χ0n) is 18.1. The number of carbonyl (C=O) groups excluding carboxylic acids is 1. The number of rotatable bonds is 5. The number of carbonyl (C=O) groups is 1. The molecule has 0 unspecified atom stereocenters. The number of sulfonamides is 1. The molecule has 0 bridgehead atoms. The minimum Gasteiger partial charge on any atom is -0.360 e. The van der Waals surface area contributed by atoms with E-state index in [0.29, 0.717) is 16.9 Å². The lowest BCUT2D eigenvalue weighted by Crippen LogP contribution is -2.15. The van der Waals surface area contributed by atoms with Crippen LogP contribution in [0.2, 0.25) is 0 Å². The SMILES string of the molecule is Cc1ccc(NS(=O)(=O)c2ccc(NC(=O)c3c[nH]c4c3CCc3ccccc3-4)cc2)cc1. The molecule has 1 aliphatic carbocycles. The summed E-state index contributed by atoms with van der Waals surface area (Å²) in [5.41, 5.74) is 7.09. The van der Waals surface area contributed by atoms with Gasteiger partial charge in [-0.05, 0) is 67.3 Å². The van der Waals surface area contributed by atoms with Crippen LogP contribution in [-0.2, 0) is 22.9 Å². The molecule has 0 saturated carbocycles. The second-order valence-corrected chi connectivity index (χ2v) is 9.85. The molecule has 1 aromatic heterocycles. The minimum atomic E-state index is -3.72.